The molecular weight excluding hydrogens is 607 g/mol. The second-order valence-corrected chi connectivity index (χ2v) is 9.70. The Morgan fingerprint density at radius 2 is 1.70 bits per heavy atom. The molecule has 19 heteroatoms. The van der Waals surface area contributed by atoms with Gasteiger partial charge in [-0.05, 0) is 31.2 Å². The van der Waals surface area contributed by atoms with Gasteiger partial charge in [-0.25, -0.2) is 4.79 Å². The van der Waals surface area contributed by atoms with E-state index in [1.54, 1.807) is 0 Å². The number of amides is 2. The molecule has 1 heterocycles. The zero-order valence-corrected chi connectivity index (χ0v) is 22.6. The Morgan fingerprint density at radius 1 is 1.05 bits per heavy atom. The molecule has 1 aliphatic heterocycles. The number of nitrogens with zero attached hydrogens (tertiary/aromatic N) is 1. The largest absolute Gasteiger partial charge is 0.490 e. The number of benzene rings is 2. The minimum atomic E-state index is -5.12. The highest BCUT2D eigenvalue weighted by Gasteiger charge is 2.48. The monoisotopic (exact) mass is 633 g/mol. The second-order valence-electron chi connectivity index (χ2n) is 9.70. The number of nitro benzene ring substituents is 1. The molecular formula is C25H26F3N3O13. The smallest absolute Gasteiger partial charge is 0.423 e. The van der Waals surface area contributed by atoms with Gasteiger partial charge in [0, 0.05) is 24.7 Å². The number of nitro groups is 1. The van der Waals surface area contributed by atoms with Gasteiger partial charge in [-0.3, -0.25) is 19.7 Å². The van der Waals surface area contributed by atoms with Gasteiger partial charge in [0.1, 0.15) is 42.0 Å². The van der Waals surface area contributed by atoms with Crippen LogP contribution in [0.3, 0.4) is 0 Å². The molecule has 1 saturated heterocycles. The molecule has 0 saturated carbocycles. The number of nitrogens with one attached hydrogen (secondary N) is 2. The second kappa shape index (κ2) is 13.0. The van der Waals surface area contributed by atoms with Crippen LogP contribution >= 0.6 is 0 Å². The van der Waals surface area contributed by atoms with Crippen molar-refractivity contribution in [2.24, 2.45) is 0 Å². The number of halogens is 3. The van der Waals surface area contributed by atoms with Gasteiger partial charge in [-0.2, -0.15) is 13.2 Å². The van der Waals surface area contributed by atoms with Crippen LogP contribution in [0.5, 0.6) is 11.5 Å². The van der Waals surface area contributed by atoms with Crippen molar-refractivity contribution in [3.8, 4) is 11.5 Å². The van der Waals surface area contributed by atoms with Gasteiger partial charge >= 0.3 is 12.1 Å². The first-order chi connectivity index (χ1) is 20.3. The predicted molar refractivity (Wildman–Crippen MR) is 139 cm³/mol. The number of hydrogen-bond donors (Lipinski definition) is 7. The number of anilines is 2. The SMILES string of the molecule is CC(=O)Nc1ccc(OC[C@](C)(O)C(=O)Nc2ccc([N+](=O)[O-])c(C(F)(F)F)c2)cc1O[C@@H]1O[C@H](C(=O)O)[C@@H](O)[C@H](O)[C@H]1O. The lowest BCUT2D eigenvalue weighted by Gasteiger charge is -2.38. The summed E-state index contributed by atoms with van der Waals surface area (Å²) in [6.45, 7) is 1.26. The third kappa shape index (κ3) is 7.88. The number of carbonyl (C=O) groups is 3. The molecule has 2 amide bonds. The summed E-state index contributed by atoms with van der Waals surface area (Å²) >= 11 is 0. The lowest BCUT2D eigenvalue weighted by atomic mass is 9.99. The molecule has 0 bridgehead atoms. The van der Waals surface area contributed by atoms with Crippen LogP contribution in [0.1, 0.15) is 19.4 Å². The third-order valence-electron chi connectivity index (χ3n) is 6.09. The predicted octanol–water partition coefficient (Wildman–Crippen LogP) is 0.611. The lowest BCUT2D eigenvalue weighted by molar-refractivity contribution is -0.388. The van der Waals surface area contributed by atoms with Crippen molar-refractivity contribution in [2.45, 2.75) is 56.3 Å². The number of aliphatic hydroxyl groups excluding tert-OH is 3. The first kappa shape index (κ1) is 33.9. The molecule has 1 aliphatic rings. The van der Waals surface area contributed by atoms with Crippen molar-refractivity contribution >= 4 is 34.8 Å². The molecule has 16 nitrogen and oxygen atoms in total. The number of alkyl halides is 3. The van der Waals surface area contributed by atoms with Crippen LogP contribution < -0.4 is 20.1 Å². The van der Waals surface area contributed by atoms with Gasteiger partial charge in [0.05, 0.1) is 10.6 Å². The molecule has 44 heavy (non-hydrogen) atoms. The maximum absolute atomic E-state index is 13.3. The number of carboxylic acids is 1. The Morgan fingerprint density at radius 3 is 2.27 bits per heavy atom. The normalized spacial score (nSPS) is 23.2. The molecule has 2 aromatic carbocycles. The third-order valence-corrected chi connectivity index (χ3v) is 6.09. The molecule has 0 aromatic heterocycles. The van der Waals surface area contributed by atoms with Crippen molar-refractivity contribution < 1.29 is 72.2 Å². The summed E-state index contributed by atoms with van der Waals surface area (Å²) in [4.78, 5) is 45.4. The molecule has 0 unspecified atom stereocenters. The van der Waals surface area contributed by atoms with Gasteiger partial charge in [0.15, 0.2) is 11.7 Å². The average Bonchev–Trinajstić information content (AvgIpc) is 2.92. The fourth-order valence-corrected chi connectivity index (χ4v) is 3.81. The zero-order chi connectivity index (χ0) is 33.1. The van der Waals surface area contributed by atoms with Crippen LogP contribution in [-0.2, 0) is 25.3 Å². The van der Waals surface area contributed by atoms with E-state index in [9.17, 15) is 63.2 Å². The maximum atomic E-state index is 13.3. The van der Waals surface area contributed by atoms with E-state index in [1.165, 1.54) is 12.1 Å². The highest BCUT2D eigenvalue weighted by molar-refractivity contribution is 5.97. The minimum absolute atomic E-state index is 0.0590. The van der Waals surface area contributed by atoms with Gasteiger partial charge in [-0.15, -0.1) is 0 Å². The van der Waals surface area contributed by atoms with Crippen molar-refractivity contribution in [3.05, 3.63) is 52.1 Å². The summed E-state index contributed by atoms with van der Waals surface area (Å²) in [6, 6.07) is 5.20. The summed E-state index contributed by atoms with van der Waals surface area (Å²) in [5, 5.41) is 65.4. The number of aliphatic hydroxyl groups is 4. The highest BCUT2D eigenvalue weighted by atomic mass is 19.4. The van der Waals surface area contributed by atoms with Crippen LogP contribution in [0, 0.1) is 10.1 Å². The Hall–Kier alpha value is -4.56. The van der Waals surface area contributed by atoms with E-state index in [2.05, 4.69) is 5.32 Å². The zero-order valence-electron chi connectivity index (χ0n) is 22.6. The van der Waals surface area contributed by atoms with Crippen molar-refractivity contribution in [3.63, 3.8) is 0 Å². The van der Waals surface area contributed by atoms with Gasteiger partial charge in [-0.1, -0.05) is 0 Å². The highest BCUT2D eigenvalue weighted by Crippen LogP contribution is 2.38. The van der Waals surface area contributed by atoms with E-state index in [-0.39, 0.29) is 17.2 Å². The van der Waals surface area contributed by atoms with E-state index in [1.807, 2.05) is 5.32 Å². The number of aliphatic carboxylic acids is 1. The summed E-state index contributed by atoms with van der Waals surface area (Å²) in [6.07, 6.45) is -15.0. The van der Waals surface area contributed by atoms with Crippen LogP contribution in [0.4, 0.5) is 30.2 Å². The maximum Gasteiger partial charge on any atom is 0.423 e. The molecule has 7 N–H and O–H groups in total. The van der Waals surface area contributed by atoms with Gasteiger partial charge in [0.2, 0.25) is 12.2 Å². The summed E-state index contributed by atoms with van der Waals surface area (Å²) in [5.74, 6) is -3.99. The van der Waals surface area contributed by atoms with E-state index in [0.717, 1.165) is 26.0 Å². The van der Waals surface area contributed by atoms with Gasteiger partial charge in [0.25, 0.3) is 11.6 Å². The first-order valence-corrected chi connectivity index (χ1v) is 12.3. The summed E-state index contributed by atoms with van der Waals surface area (Å²) < 4.78 is 55.8. The quantitative estimate of drug-likeness (QED) is 0.140. The van der Waals surface area contributed by atoms with Crippen LogP contribution in [0.15, 0.2) is 36.4 Å². The molecule has 0 spiro atoms. The fraction of sp³-hybridized carbons (Fsp3) is 0.400. The van der Waals surface area contributed by atoms with E-state index in [0.29, 0.717) is 12.1 Å². The van der Waals surface area contributed by atoms with Crippen molar-refractivity contribution in [1.29, 1.82) is 0 Å². The number of ether oxygens (including phenoxy) is 3. The number of carbonyl (C=O) groups excluding carboxylic acids is 2. The molecule has 240 valence electrons. The number of hydrogen-bond acceptors (Lipinski definition) is 12. The molecule has 2 aromatic rings. The van der Waals surface area contributed by atoms with E-state index < -0.39 is 88.7 Å². The van der Waals surface area contributed by atoms with Crippen molar-refractivity contribution in [2.75, 3.05) is 17.2 Å². The Bertz CT molecular complexity index is 1440. The van der Waals surface area contributed by atoms with E-state index >= 15 is 0 Å². The number of carboxylic acid groups (broad SMARTS) is 1. The topological polar surface area (TPSA) is 247 Å². The Kier molecular flexibility index (Phi) is 10.0. The molecule has 6 atom stereocenters. The van der Waals surface area contributed by atoms with Crippen molar-refractivity contribution in [1.82, 2.24) is 0 Å². The van der Waals surface area contributed by atoms with Crippen LogP contribution in [0.2, 0.25) is 0 Å². The molecule has 0 radical (unpaired) electrons. The Balaban J connectivity index is 1.79. The van der Waals surface area contributed by atoms with E-state index in [4.69, 9.17) is 14.2 Å². The van der Waals surface area contributed by atoms with Crippen LogP contribution in [-0.4, -0.2) is 91.2 Å². The molecule has 1 fully saturated rings. The lowest BCUT2D eigenvalue weighted by Crippen LogP contribution is -2.61. The van der Waals surface area contributed by atoms with Gasteiger partial charge < -0.3 is 50.4 Å². The molecule has 0 aliphatic carbocycles. The first-order valence-electron chi connectivity index (χ1n) is 12.3. The average molecular weight is 633 g/mol. The fourth-order valence-electron chi connectivity index (χ4n) is 3.81. The standard InChI is InChI=1S/C25H26F3N3O13/c1-10(32)29-14-5-4-12(8-16(14)43-22-19(35)17(33)18(34)20(44-22)21(36)37)42-9-24(2,39)23(38)30-11-3-6-15(31(40)41)13(7-11)25(26,27)28/h3-8,17-20,22,33-35,39H,9H2,1-2H3,(H,29,32)(H,30,38)(H,36,37)/t17-,18-,19+,20-,22+,24-/m0/s1. The number of rotatable bonds is 10. The molecule has 3 rings (SSSR count). The minimum Gasteiger partial charge on any atom is -0.490 e. The summed E-state index contributed by atoms with van der Waals surface area (Å²) in [7, 11) is 0. The van der Waals surface area contributed by atoms with Crippen LogP contribution in [0.25, 0.3) is 0 Å². The Labute approximate surface area is 244 Å². The summed E-state index contributed by atoms with van der Waals surface area (Å²) in [5.41, 5.74) is -5.86.